The van der Waals surface area contributed by atoms with E-state index in [1.165, 1.54) is 16.2 Å². The molecular formula is C41H27N3O. The van der Waals surface area contributed by atoms with Crippen molar-refractivity contribution in [2.24, 2.45) is 9.98 Å². The zero-order valence-electron chi connectivity index (χ0n) is 24.3. The van der Waals surface area contributed by atoms with Crippen molar-refractivity contribution >= 4 is 55.2 Å². The molecule has 0 amide bonds. The van der Waals surface area contributed by atoms with Gasteiger partial charge >= 0.3 is 0 Å². The van der Waals surface area contributed by atoms with Gasteiger partial charge in [-0.1, -0.05) is 133 Å². The Bertz CT molecular complexity index is 2470. The highest BCUT2D eigenvalue weighted by Gasteiger charge is 2.25. The summed E-state index contributed by atoms with van der Waals surface area (Å²) in [6.45, 7) is 0. The molecule has 0 saturated heterocycles. The number of fused-ring (bicyclic) bond motifs is 6. The number of nitrogens with one attached hydrogen (secondary N) is 1. The molecule has 0 radical (unpaired) electrons. The Labute approximate surface area is 260 Å². The summed E-state index contributed by atoms with van der Waals surface area (Å²) in [7, 11) is 0. The average molecular weight is 578 g/mol. The van der Waals surface area contributed by atoms with Crippen molar-refractivity contribution in [3.05, 3.63) is 168 Å². The fraction of sp³-hybridized carbons (Fsp3) is 0.0244. The minimum Gasteiger partial charge on any atom is -0.456 e. The smallest absolute Gasteiger partial charge is 0.160 e. The molecule has 4 nitrogen and oxygen atoms in total. The lowest BCUT2D eigenvalue weighted by molar-refractivity contribution is 0.668. The molecule has 1 aliphatic rings. The number of benzene rings is 7. The van der Waals surface area contributed by atoms with E-state index in [0.29, 0.717) is 5.84 Å². The van der Waals surface area contributed by atoms with Gasteiger partial charge in [0.05, 0.1) is 0 Å². The predicted molar refractivity (Wildman–Crippen MR) is 186 cm³/mol. The summed E-state index contributed by atoms with van der Waals surface area (Å²) in [5, 5.41) is 10.6. The Kier molecular flexibility index (Phi) is 5.85. The molecule has 1 aliphatic heterocycles. The highest BCUT2D eigenvalue weighted by atomic mass is 16.3. The van der Waals surface area contributed by atoms with Crippen LogP contribution in [0, 0.1) is 0 Å². The number of aliphatic imine (C=N–C) groups is 2. The molecular weight excluding hydrogens is 550 g/mol. The van der Waals surface area contributed by atoms with Crippen LogP contribution in [-0.4, -0.2) is 11.7 Å². The lowest BCUT2D eigenvalue weighted by atomic mass is 9.93. The molecule has 7 aromatic carbocycles. The van der Waals surface area contributed by atoms with Crippen LogP contribution in [0.5, 0.6) is 0 Å². The average Bonchev–Trinajstić information content (AvgIpc) is 3.50. The standard InChI is InChI=1S/C41H27N3O/c1-2-13-26(14-3-1)39-42-40(44-41(43-39)35-25-27-15-4-5-16-28(27)29-17-6-7-18-30(29)35)33-20-9-8-19-31(33)32-22-12-24-37-38(32)34-21-10-11-23-36(34)45-37/h1-25,40H,(H,42,43,44). The molecule has 212 valence electrons. The topological polar surface area (TPSA) is 49.9 Å². The number of para-hydroxylation sites is 1. The highest BCUT2D eigenvalue weighted by molar-refractivity contribution is 6.22. The van der Waals surface area contributed by atoms with Gasteiger partial charge in [0.2, 0.25) is 0 Å². The third-order valence-corrected chi connectivity index (χ3v) is 8.75. The van der Waals surface area contributed by atoms with Crippen molar-refractivity contribution in [3.8, 4) is 11.1 Å². The largest absolute Gasteiger partial charge is 0.456 e. The molecule has 45 heavy (non-hydrogen) atoms. The van der Waals surface area contributed by atoms with Crippen LogP contribution in [0.25, 0.3) is 54.6 Å². The third kappa shape index (κ3) is 4.22. The number of nitrogens with zero attached hydrogens (tertiary/aromatic N) is 2. The van der Waals surface area contributed by atoms with Gasteiger partial charge in [0, 0.05) is 27.5 Å². The second kappa shape index (κ2) is 10.3. The summed E-state index contributed by atoms with van der Waals surface area (Å²) in [6, 6.07) is 52.7. The second-order valence-electron chi connectivity index (χ2n) is 11.4. The predicted octanol–water partition coefficient (Wildman–Crippen LogP) is 10.1. The van der Waals surface area contributed by atoms with Crippen molar-refractivity contribution in [2.75, 3.05) is 0 Å². The SMILES string of the molecule is c1ccc(C2=NC(c3cc4ccccc4c4ccccc34)=NC(c3ccccc3-c3cccc4oc5ccccc5c34)N2)cc1. The van der Waals surface area contributed by atoms with E-state index in [1.807, 2.05) is 36.4 Å². The Morgan fingerprint density at radius 1 is 0.511 bits per heavy atom. The lowest BCUT2D eigenvalue weighted by Gasteiger charge is -2.26. The molecule has 1 N–H and O–H groups in total. The minimum atomic E-state index is -0.373. The van der Waals surface area contributed by atoms with Gasteiger partial charge in [0.1, 0.15) is 23.2 Å². The van der Waals surface area contributed by atoms with Crippen LogP contribution in [0.15, 0.2) is 166 Å². The van der Waals surface area contributed by atoms with Crippen molar-refractivity contribution in [3.63, 3.8) is 0 Å². The molecule has 4 heteroatoms. The molecule has 2 heterocycles. The van der Waals surface area contributed by atoms with Gasteiger partial charge in [0.25, 0.3) is 0 Å². The van der Waals surface area contributed by atoms with Crippen LogP contribution in [-0.2, 0) is 0 Å². The van der Waals surface area contributed by atoms with E-state index in [9.17, 15) is 0 Å². The zero-order valence-corrected chi connectivity index (χ0v) is 24.3. The number of hydrogen-bond acceptors (Lipinski definition) is 4. The van der Waals surface area contributed by atoms with Gasteiger partial charge in [-0.3, -0.25) is 0 Å². The van der Waals surface area contributed by atoms with Crippen LogP contribution in [0.3, 0.4) is 0 Å². The monoisotopic (exact) mass is 577 g/mol. The maximum Gasteiger partial charge on any atom is 0.160 e. The number of rotatable bonds is 4. The van der Waals surface area contributed by atoms with Crippen LogP contribution < -0.4 is 5.32 Å². The first-order chi connectivity index (χ1) is 22.3. The van der Waals surface area contributed by atoms with Crippen molar-refractivity contribution in [2.45, 2.75) is 6.17 Å². The van der Waals surface area contributed by atoms with Crippen LogP contribution in [0.1, 0.15) is 22.9 Å². The third-order valence-electron chi connectivity index (χ3n) is 8.75. The van der Waals surface area contributed by atoms with E-state index in [0.717, 1.165) is 61.0 Å². The number of furan rings is 1. The van der Waals surface area contributed by atoms with Crippen LogP contribution >= 0.6 is 0 Å². The molecule has 0 fully saturated rings. The molecule has 1 unspecified atom stereocenters. The molecule has 8 aromatic rings. The Morgan fingerprint density at radius 2 is 1.18 bits per heavy atom. The molecule has 0 saturated carbocycles. The molecule has 1 atom stereocenters. The Hall–Kier alpha value is -6.00. The fourth-order valence-electron chi connectivity index (χ4n) is 6.69. The second-order valence-corrected chi connectivity index (χ2v) is 11.4. The minimum absolute atomic E-state index is 0.373. The number of hydrogen-bond donors (Lipinski definition) is 1. The summed E-state index contributed by atoms with van der Waals surface area (Å²) in [5.74, 6) is 1.51. The first kappa shape index (κ1) is 25.5. The van der Waals surface area contributed by atoms with Gasteiger partial charge in [-0.25, -0.2) is 9.98 Å². The van der Waals surface area contributed by atoms with Crippen molar-refractivity contribution < 1.29 is 4.42 Å². The van der Waals surface area contributed by atoms with Gasteiger partial charge in [-0.15, -0.1) is 0 Å². The normalized spacial score (nSPS) is 14.9. The fourth-order valence-corrected chi connectivity index (χ4v) is 6.69. The molecule has 1 aromatic heterocycles. The zero-order chi connectivity index (χ0) is 29.7. The Morgan fingerprint density at radius 3 is 2.07 bits per heavy atom. The van der Waals surface area contributed by atoms with E-state index in [1.54, 1.807) is 0 Å². The van der Waals surface area contributed by atoms with E-state index in [2.05, 4.69) is 121 Å². The number of amidine groups is 2. The summed E-state index contributed by atoms with van der Waals surface area (Å²) in [6.07, 6.45) is -0.373. The molecule has 0 bridgehead atoms. The first-order valence-corrected chi connectivity index (χ1v) is 15.2. The molecule has 0 spiro atoms. The van der Waals surface area contributed by atoms with E-state index < -0.39 is 0 Å². The summed E-state index contributed by atoms with van der Waals surface area (Å²) in [4.78, 5) is 10.5. The van der Waals surface area contributed by atoms with Gasteiger partial charge in [0.15, 0.2) is 5.84 Å². The van der Waals surface area contributed by atoms with Crippen molar-refractivity contribution in [1.82, 2.24) is 5.32 Å². The summed E-state index contributed by atoms with van der Waals surface area (Å²) >= 11 is 0. The van der Waals surface area contributed by atoms with Gasteiger partial charge < -0.3 is 9.73 Å². The Balaban J connectivity index is 1.28. The first-order valence-electron chi connectivity index (χ1n) is 15.2. The van der Waals surface area contributed by atoms with Crippen LogP contribution in [0.4, 0.5) is 0 Å². The quantitative estimate of drug-likeness (QED) is 0.212. The highest BCUT2D eigenvalue weighted by Crippen LogP contribution is 2.40. The van der Waals surface area contributed by atoms with Crippen molar-refractivity contribution in [1.29, 1.82) is 0 Å². The van der Waals surface area contributed by atoms with Gasteiger partial charge in [-0.2, -0.15) is 0 Å². The maximum atomic E-state index is 6.26. The van der Waals surface area contributed by atoms with Gasteiger partial charge in [-0.05, 0) is 50.9 Å². The van der Waals surface area contributed by atoms with Crippen LogP contribution in [0.2, 0.25) is 0 Å². The molecule has 9 rings (SSSR count). The lowest BCUT2D eigenvalue weighted by Crippen LogP contribution is -2.33. The summed E-state index contributed by atoms with van der Waals surface area (Å²) < 4.78 is 6.26. The maximum absolute atomic E-state index is 6.26. The van der Waals surface area contributed by atoms with E-state index in [-0.39, 0.29) is 6.17 Å². The summed E-state index contributed by atoms with van der Waals surface area (Å²) in [5.41, 5.74) is 7.08. The van der Waals surface area contributed by atoms with E-state index in [4.69, 9.17) is 14.4 Å². The van der Waals surface area contributed by atoms with E-state index >= 15 is 0 Å². The molecule has 0 aliphatic carbocycles.